The van der Waals surface area contributed by atoms with Gasteiger partial charge in [0.15, 0.2) is 5.49 Å². The lowest BCUT2D eigenvalue weighted by Crippen LogP contribution is -2.30. The van der Waals surface area contributed by atoms with Gasteiger partial charge in [0, 0.05) is 17.8 Å². The van der Waals surface area contributed by atoms with E-state index in [0.717, 1.165) is 5.56 Å². The fourth-order valence-electron chi connectivity index (χ4n) is 3.48. The van der Waals surface area contributed by atoms with Gasteiger partial charge in [-0.1, -0.05) is 24.3 Å². The molecule has 0 unspecified atom stereocenters. The van der Waals surface area contributed by atoms with Crippen LogP contribution in [0.5, 0.6) is 0 Å². The Bertz CT molecular complexity index is 1470. The summed E-state index contributed by atoms with van der Waals surface area (Å²) >= 11 is 0. The zero-order valence-corrected chi connectivity index (χ0v) is 16.8. The van der Waals surface area contributed by atoms with Gasteiger partial charge in [-0.2, -0.15) is 10.3 Å². The van der Waals surface area contributed by atoms with Crippen molar-refractivity contribution in [2.45, 2.75) is 26.8 Å². The average molecular weight is 397 g/mol. The SMILES string of the molecule is Cc1cccn2c(=O)c3cc(C#N)c(=NC(=O)c4ccccc4)n(C(C)C)c3nc12. The molecule has 0 N–H and O–H groups in total. The highest BCUT2D eigenvalue weighted by atomic mass is 16.1. The second-order valence-corrected chi connectivity index (χ2v) is 7.28. The van der Waals surface area contributed by atoms with Gasteiger partial charge in [-0.05, 0) is 50.6 Å². The minimum atomic E-state index is -0.463. The Kier molecular flexibility index (Phi) is 4.76. The van der Waals surface area contributed by atoms with Crippen molar-refractivity contribution >= 4 is 22.6 Å². The molecule has 7 heteroatoms. The molecule has 4 rings (SSSR count). The summed E-state index contributed by atoms with van der Waals surface area (Å²) in [6.45, 7) is 5.67. The topological polar surface area (TPSA) is 92.5 Å². The maximum atomic E-state index is 13.1. The molecule has 0 saturated carbocycles. The van der Waals surface area contributed by atoms with Crippen molar-refractivity contribution in [3.63, 3.8) is 0 Å². The third-order valence-electron chi connectivity index (χ3n) is 4.92. The van der Waals surface area contributed by atoms with Crippen LogP contribution >= 0.6 is 0 Å². The summed E-state index contributed by atoms with van der Waals surface area (Å²) in [4.78, 5) is 34.9. The molecule has 0 radical (unpaired) electrons. The number of hydrogen-bond acceptors (Lipinski definition) is 4. The first-order valence-electron chi connectivity index (χ1n) is 9.54. The molecule has 3 heterocycles. The monoisotopic (exact) mass is 397 g/mol. The van der Waals surface area contributed by atoms with E-state index >= 15 is 0 Å². The Labute approximate surface area is 172 Å². The Balaban J connectivity index is 2.17. The van der Waals surface area contributed by atoms with Crippen molar-refractivity contribution in [1.29, 1.82) is 5.26 Å². The minimum Gasteiger partial charge on any atom is -0.306 e. The highest BCUT2D eigenvalue weighted by Crippen LogP contribution is 2.16. The first-order valence-corrected chi connectivity index (χ1v) is 9.54. The summed E-state index contributed by atoms with van der Waals surface area (Å²) in [5.41, 5.74) is 2.24. The Morgan fingerprint density at radius 2 is 1.87 bits per heavy atom. The summed E-state index contributed by atoms with van der Waals surface area (Å²) in [5, 5.41) is 10.1. The lowest BCUT2D eigenvalue weighted by molar-refractivity contribution is 0.0997. The lowest BCUT2D eigenvalue weighted by Gasteiger charge is -2.16. The maximum Gasteiger partial charge on any atom is 0.278 e. The molecule has 1 aromatic carbocycles. The van der Waals surface area contributed by atoms with E-state index in [9.17, 15) is 14.9 Å². The van der Waals surface area contributed by atoms with E-state index < -0.39 is 5.91 Å². The van der Waals surface area contributed by atoms with Gasteiger partial charge in [-0.3, -0.25) is 14.0 Å². The van der Waals surface area contributed by atoms with Gasteiger partial charge in [0.05, 0.1) is 10.9 Å². The molecular formula is C23H19N5O2. The first kappa shape index (κ1) is 19.3. The molecule has 0 fully saturated rings. The van der Waals surface area contributed by atoms with E-state index in [1.807, 2.05) is 32.9 Å². The van der Waals surface area contributed by atoms with Crippen LogP contribution in [0, 0.1) is 18.3 Å². The van der Waals surface area contributed by atoms with E-state index in [0.29, 0.717) is 22.2 Å². The van der Waals surface area contributed by atoms with Crippen molar-refractivity contribution in [2.75, 3.05) is 0 Å². The Morgan fingerprint density at radius 1 is 1.13 bits per heavy atom. The van der Waals surface area contributed by atoms with Crippen LogP contribution in [0.3, 0.4) is 0 Å². The van der Waals surface area contributed by atoms with Gasteiger partial charge < -0.3 is 4.57 Å². The molecular weight excluding hydrogens is 378 g/mol. The molecule has 0 bridgehead atoms. The fraction of sp³-hybridized carbons (Fsp3) is 0.174. The number of benzene rings is 1. The molecule has 0 atom stereocenters. The first-order chi connectivity index (χ1) is 14.4. The Hall–Kier alpha value is -4.05. The van der Waals surface area contributed by atoms with Crippen molar-refractivity contribution < 1.29 is 4.79 Å². The summed E-state index contributed by atoms with van der Waals surface area (Å²) in [6.07, 6.45) is 1.65. The van der Waals surface area contributed by atoms with Crippen LogP contribution in [0.25, 0.3) is 16.7 Å². The van der Waals surface area contributed by atoms with Gasteiger partial charge in [0.2, 0.25) is 0 Å². The second-order valence-electron chi connectivity index (χ2n) is 7.28. The molecule has 1 amide bonds. The molecule has 0 aliphatic carbocycles. The standard InChI is InChI=1S/C23H19N5O2/c1-14(2)28-20(26-22(29)16-9-5-4-6-10-16)17(13-24)12-18-21(28)25-19-15(3)8-7-11-27(19)23(18)30/h4-12,14H,1-3H3. The Morgan fingerprint density at radius 3 is 2.53 bits per heavy atom. The van der Waals surface area contributed by atoms with Gasteiger partial charge in [-0.15, -0.1) is 0 Å². The molecule has 148 valence electrons. The smallest absolute Gasteiger partial charge is 0.278 e. The van der Waals surface area contributed by atoms with Crippen molar-refractivity contribution in [2.24, 2.45) is 4.99 Å². The average Bonchev–Trinajstić information content (AvgIpc) is 2.74. The predicted molar refractivity (Wildman–Crippen MR) is 113 cm³/mol. The number of rotatable bonds is 2. The maximum absolute atomic E-state index is 13.1. The van der Waals surface area contributed by atoms with Crippen LogP contribution in [0.2, 0.25) is 0 Å². The number of carbonyl (C=O) groups excluding carboxylic acids is 1. The normalized spacial score (nSPS) is 11.9. The number of amides is 1. The number of nitriles is 1. The van der Waals surface area contributed by atoms with Crippen LogP contribution in [0.4, 0.5) is 0 Å². The molecule has 0 saturated heterocycles. The molecule has 0 aliphatic heterocycles. The summed E-state index contributed by atoms with van der Waals surface area (Å²) in [7, 11) is 0. The van der Waals surface area contributed by atoms with E-state index in [-0.39, 0.29) is 22.7 Å². The third kappa shape index (κ3) is 3.08. The lowest BCUT2D eigenvalue weighted by atomic mass is 10.2. The second kappa shape index (κ2) is 7.41. The van der Waals surface area contributed by atoms with Crippen molar-refractivity contribution in [3.05, 3.63) is 87.3 Å². The summed E-state index contributed by atoms with van der Waals surface area (Å²) in [5.74, 6) is -0.463. The highest BCUT2D eigenvalue weighted by molar-refractivity contribution is 5.95. The van der Waals surface area contributed by atoms with Crippen molar-refractivity contribution in [3.8, 4) is 6.07 Å². The van der Waals surface area contributed by atoms with Gasteiger partial charge in [0.25, 0.3) is 11.5 Å². The van der Waals surface area contributed by atoms with Gasteiger partial charge in [-0.25, -0.2) is 4.98 Å². The van der Waals surface area contributed by atoms with Gasteiger partial charge >= 0.3 is 0 Å². The number of aryl methyl sites for hydroxylation is 1. The van der Waals surface area contributed by atoms with E-state index in [2.05, 4.69) is 11.1 Å². The molecule has 7 nitrogen and oxygen atoms in total. The van der Waals surface area contributed by atoms with E-state index in [4.69, 9.17) is 4.98 Å². The van der Waals surface area contributed by atoms with Gasteiger partial charge in [0.1, 0.15) is 17.4 Å². The fourth-order valence-corrected chi connectivity index (χ4v) is 3.48. The zero-order valence-electron chi connectivity index (χ0n) is 16.8. The summed E-state index contributed by atoms with van der Waals surface area (Å²) < 4.78 is 3.15. The highest BCUT2D eigenvalue weighted by Gasteiger charge is 2.17. The van der Waals surface area contributed by atoms with Crippen LogP contribution < -0.4 is 11.0 Å². The molecule has 0 aliphatic rings. The third-order valence-corrected chi connectivity index (χ3v) is 4.92. The number of hydrogen-bond donors (Lipinski definition) is 0. The van der Waals surface area contributed by atoms with E-state index in [1.165, 1.54) is 10.5 Å². The van der Waals surface area contributed by atoms with Crippen LogP contribution in [-0.2, 0) is 0 Å². The number of carbonyl (C=O) groups is 1. The van der Waals surface area contributed by atoms with Crippen LogP contribution in [-0.4, -0.2) is 19.9 Å². The van der Waals surface area contributed by atoms with Crippen molar-refractivity contribution in [1.82, 2.24) is 14.0 Å². The van der Waals surface area contributed by atoms with E-state index in [1.54, 1.807) is 41.1 Å². The largest absolute Gasteiger partial charge is 0.306 e. The molecule has 0 spiro atoms. The molecule has 3 aromatic heterocycles. The number of fused-ring (bicyclic) bond motifs is 2. The molecule has 4 aromatic rings. The number of nitrogens with zero attached hydrogens (tertiary/aromatic N) is 5. The van der Waals surface area contributed by atoms with Crippen LogP contribution in [0.15, 0.2) is 64.5 Å². The summed E-state index contributed by atoms with van der Waals surface area (Å²) in [6, 6.07) is 15.7. The van der Waals surface area contributed by atoms with Crippen LogP contribution in [0.1, 0.15) is 41.4 Å². The molecule has 30 heavy (non-hydrogen) atoms. The quantitative estimate of drug-likeness (QED) is 0.486. The zero-order chi connectivity index (χ0) is 21.4. The number of aromatic nitrogens is 3. The number of pyridine rings is 2. The predicted octanol–water partition coefficient (Wildman–Crippen LogP) is 3.15. The minimum absolute atomic E-state index is 0.145.